The Balaban J connectivity index is 1.86. The zero-order valence-corrected chi connectivity index (χ0v) is 23.0. The maximum Gasteiger partial charge on any atom is 0.310 e. The molecule has 1 fully saturated rings. The molecule has 1 heterocycles. The van der Waals surface area contributed by atoms with E-state index in [9.17, 15) is 9.90 Å². The molecule has 0 aromatic heterocycles. The van der Waals surface area contributed by atoms with Crippen molar-refractivity contribution < 1.29 is 33.3 Å². The van der Waals surface area contributed by atoms with Crippen molar-refractivity contribution in [3.63, 3.8) is 0 Å². The molecular formula is C27H38O7Si. The Morgan fingerprint density at radius 1 is 0.914 bits per heavy atom. The van der Waals surface area contributed by atoms with E-state index < -0.39 is 26.3 Å². The third-order valence-electron chi connectivity index (χ3n) is 7.25. The quantitative estimate of drug-likeness (QED) is 0.374. The summed E-state index contributed by atoms with van der Waals surface area (Å²) in [5.74, 6) is 1.26. The molecule has 3 rings (SSSR count). The van der Waals surface area contributed by atoms with Gasteiger partial charge < -0.3 is 28.5 Å². The van der Waals surface area contributed by atoms with E-state index in [-0.39, 0.29) is 17.6 Å². The maximum atomic E-state index is 12.9. The minimum Gasteiger partial charge on any atom is -0.541 e. The fourth-order valence-electron chi connectivity index (χ4n) is 4.09. The number of rotatable bonds is 9. The van der Waals surface area contributed by atoms with Crippen molar-refractivity contribution >= 4 is 14.3 Å². The summed E-state index contributed by atoms with van der Waals surface area (Å²) in [4.78, 5) is 12.9. The van der Waals surface area contributed by atoms with Gasteiger partial charge in [-0.25, -0.2) is 0 Å². The van der Waals surface area contributed by atoms with Gasteiger partial charge in [0.15, 0.2) is 17.2 Å². The molecule has 3 atom stereocenters. The van der Waals surface area contributed by atoms with Crippen LogP contribution in [0.1, 0.15) is 38.0 Å². The molecule has 0 radical (unpaired) electrons. The van der Waals surface area contributed by atoms with Crippen LogP contribution in [0.25, 0.3) is 0 Å². The van der Waals surface area contributed by atoms with Crippen LogP contribution in [0.5, 0.6) is 23.0 Å². The molecule has 0 saturated carbocycles. The third-order valence-corrected chi connectivity index (χ3v) is 11.6. The Bertz CT molecular complexity index is 1040. The number of ether oxygens (including phenoxy) is 4. The van der Waals surface area contributed by atoms with Crippen molar-refractivity contribution in [1.82, 2.24) is 0 Å². The maximum absolute atomic E-state index is 12.9. The highest BCUT2D eigenvalue weighted by Crippen LogP contribution is 2.45. The van der Waals surface area contributed by atoms with Gasteiger partial charge >= 0.3 is 5.97 Å². The van der Waals surface area contributed by atoms with Gasteiger partial charge in [-0.3, -0.25) is 4.79 Å². The largest absolute Gasteiger partial charge is 0.541 e. The first kappa shape index (κ1) is 26.9. The van der Waals surface area contributed by atoms with Gasteiger partial charge in [0.25, 0.3) is 8.32 Å². The van der Waals surface area contributed by atoms with Gasteiger partial charge in [-0.05, 0) is 59.9 Å². The van der Waals surface area contributed by atoms with Crippen molar-refractivity contribution in [3.8, 4) is 23.0 Å². The lowest BCUT2D eigenvalue weighted by Gasteiger charge is -2.36. The fourth-order valence-corrected chi connectivity index (χ4v) is 5.12. The number of methoxy groups -OCH3 is 3. The third kappa shape index (κ3) is 5.59. The summed E-state index contributed by atoms with van der Waals surface area (Å²) in [6.07, 6.45) is -0.154. The minimum atomic E-state index is -2.07. The van der Waals surface area contributed by atoms with Crippen LogP contribution in [-0.4, -0.2) is 47.3 Å². The number of aliphatic hydroxyl groups is 1. The number of carbonyl (C=O) groups is 1. The van der Waals surface area contributed by atoms with Gasteiger partial charge in [0.2, 0.25) is 0 Å². The summed E-state index contributed by atoms with van der Waals surface area (Å²) >= 11 is 0. The van der Waals surface area contributed by atoms with Crippen LogP contribution in [0.4, 0.5) is 0 Å². The summed E-state index contributed by atoms with van der Waals surface area (Å²) in [6.45, 7) is 10.7. The van der Waals surface area contributed by atoms with E-state index in [0.717, 1.165) is 11.1 Å². The second-order valence-corrected chi connectivity index (χ2v) is 15.2. The van der Waals surface area contributed by atoms with Crippen molar-refractivity contribution in [3.05, 3.63) is 47.5 Å². The summed E-state index contributed by atoms with van der Waals surface area (Å²) in [5, 5.41) is 10.3. The first-order valence-corrected chi connectivity index (χ1v) is 14.8. The predicted molar refractivity (Wildman–Crippen MR) is 137 cm³/mol. The lowest BCUT2D eigenvalue weighted by atomic mass is 9.84. The molecule has 35 heavy (non-hydrogen) atoms. The molecule has 2 aromatic carbocycles. The summed E-state index contributed by atoms with van der Waals surface area (Å²) in [5.41, 5.74) is 1.67. The minimum absolute atomic E-state index is 0.0387. The first-order valence-electron chi connectivity index (χ1n) is 11.8. The number of hydrogen-bond acceptors (Lipinski definition) is 7. The average molecular weight is 503 g/mol. The van der Waals surface area contributed by atoms with Gasteiger partial charge in [-0.15, -0.1) is 0 Å². The Hall–Kier alpha value is -2.71. The van der Waals surface area contributed by atoms with Gasteiger partial charge in [-0.2, -0.15) is 0 Å². The van der Waals surface area contributed by atoms with Crippen molar-refractivity contribution in [2.24, 2.45) is 11.8 Å². The Labute approximate surface area is 209 Å². The molecule has 1 aliphatic heterocycles. The molecule has 8 heteroatoms. The zero-order chi connectivity index (χ0) is 26.0. The summed E-state index contributed by atoms with van der Waals surface area (Å²) < 4.78 is 28.6. The second kappa shape index (κ2) is 10.5. The average Bonchev–Trinajstić information content (AvgIpc) is 3.13. The first-order chi connectivity index (χ1) is 16.4. The molecule has 0 amide bonds. The Morgan fingerprint density at radius 3 is 2.09 bits per heavy atom. The fraction of sp³-hybridized carbons (Fsp3) is 0.519. The molecule has 192 valence electrons. The summed E-state index contributed by atoms with van der Waals surface area (Å²) in [6, 6.07) is 11.2. The second-order valence-electron chi connectivity index (χ2n) is 10.5. The number of benzene rings is 2. The molecule has 0 bridgehead atoms. The molecule has 1 saturated heterocycles. The lowest BCUT2D eigenvalue weighted by Crippen LogP contribution is -2.43. The molecule has 1 N–H and O–H groups in total. The van der Waals surface area contributed by atoms with E-state index in [2.05, 4.69) is 33.9 Å². The number of hydrogen-bond donors (Lipinski definition) is 1. The molecule has 7 nitrogen and oxygen atoms in total. The number of cyclic esters (lactones) is 1. The molecule has 1 aliphatic rings. The topological polar surface area (TPSA) is 83.5 Å². The number of aliphatic hydroxyl groups excluding tert-OH is 1. The van der Waals surface area contributed by atoms with Crippen molar-refractivity contribution in [2.75, 3.05) is 27.9 Å². The molecule has 0 aliphatic carbocycles. The molecule has 0 unspecified atom stereocenters. The highest BCUT2D eigenvalue weighted by atomic mass is 28.4. The van der Waals surface area contributed by atoms with Gasteiger partial charge in [-0.1, -0.05) is 32.9 Å². The van der Waals surface area contributed by atoms with E-state index in [1.54, 1.807) is 21.3 Å². The van der Waals surface area contributed by atoms with E-state index in [1.165, 1.54) is 0 Å². The van der Waals surface area contributed by atoms with Gasteiger partial charge in [0, 0.05) is 5.92 Å². The van der Waals surface area contributed by atoms with Crippen LogP contribution in [0.2, 0.25) is 18.1 Å². The Morgan fingerprint density at radius 2 is 1.51 bits per heavy atom. The zero-order valence-electron chi connectivity index (χ0n) is 22.0. The van der Waals surface area contributed by atoms with Crippen molar-refractivity contribution in [2.45, 2.75) is 51.4 Å². The van der Waals surface area contributed by atoms with Crippen LogP contribution in [0.3, 0.4) is 0 Å². The van der Waals surface area contributed by atoms with E-state index in [1.807, 2.05) is 36.4 Å². The number of carbonyl (C=O) groups excluding carboxylic acids is 1. The molecule has 2 aromatic rings. The highest BCUT2D eigenvalue weighted by molar-refractivity contribution is 6.74. The molecular weight excluding hydrogens is 464 g/mol. The monoisotopic (exact) mass is 502 g/mol. The van der Waals surface area contributed by atoms with Crippen molar-refractivity contribution in [1.29, 1.82) is 0 Å². The lowest BCUT2D eigenvalue weighted by molar-refractivity contribution is -0.144. The van der Waals surface area contributed by atoms with Gasteiger partial charge in [0.1, 0.15) is 11.9 Å². The van der Waals surface area contributed by atoms with Crippen LogP contribution < -0.4 is 18.6 Å². The van der Waals surface area contributed by atoms with E-state index in [4.69, 9.17) is 23.4 Å². The smallest absolute Gasteiger partial charge is 0.310 e. The standard InChI is InChI=1S/C27H38O7Si/c1-27(2,3)35(7,8)34-22-12-10-18(15-24(22)32-6)25-20(16-28)19(26(29)33-25)13-17-9-11-21(30-4)23(14-17)31-5/h9-12,14-15,19-20,25,28H,13,16H2,1-8H3/t19-,20+,25-/m1/s1. The SMILES string of the molecule is COc1ccc(C[C@H]2C(=O)O[C@H](c3ccc(O[Si](C)(C)C(C)(C)C)c(OC)c3)[C@H]2CO)cc1OC. The van der Waals surface area contributed by atoms with Crippen LogP contribution >= 0.6 is 0 Å². The summed E-state index contributed by atoms with van der Waals surface area (Å²) in [7, 11) is 2.68. The van der Waals surface area contributed by atoms with Crippen LogP contribution in [-0.2, 0) is 16.0 Å². The van der Waals surface area contributed by atoms with Crippen LogP contribution in [0, 0.1) is 11.8 Å². The van der Waals surface area contributed by atoms with E-state index in [0.29, 0.717) is 29.4 Å². The normalized spacial score (nSPS) is 20.4. The number of esters is 1. The molecule has 0 spiro atoms. The van der Waals surface area contributed by atoms with Crippen LogP contribution in [0.15, 0.2) is 36.4 Å². The predicted octanol–water partition coefficient (Wildman–Crippen LogP) is 5.16. The Kier molecular flexibility index (Phi) is 8.06. The van der Waals surface area contributed by atoms with E-state index >= 15 is 0 Å². The highest BCUT2D eigenvalue weighted by Gasteiger charge is 2.45. The van der Waals surface area contributed by atoms with Gasteiger partial charge in [0.05, 0.1) is 33.9 Å².